The number of pyridine rings is 1. The summed E-state index contributed by atoms with van der Waals surface area (Å²) in [5.74, 6) is -0.557. The molecule has 0 unspecified atom stereocenters. The normalized spacial score (nSPS) is 21.2. The number of amides is 2. The number of rotatable bonds is 6. The van der Waals surface area contributed by atoms with E-state index in [1.807, 2.05) is 26.0 Å². The molecule has 12 heteroatoms. The number of hydrogen-bond acceptors (Lipinski definition) is 7. The first-order valence-corrected chi connectivity index (χ1v) is 14.0. The van der Waals surface area contributed by atoms with Crippen molar-refractivity contribution < 1.29 is 18.8 Å². The van der Waals surface area contributed by atoms with Gasteiger partial charge >= 0.3 is 0 Å². The third kappa shape index (κ3) is 4.79. The minimum atomic E-state index is -0.708. The molecule has 2 amide bonds. The Morgan fingerprint density at radius 2 is 1.85 bits per heavy atom. The van der Waals surface area contributed by atoms with E-state index >= 15 is 0 Å². The lowest BCUT2D eigenvalue weighted by Gasteiger charge is -2.27. The lowest BCUT2D eigenvalue weighted by molar-refractivity contribution is -0.138. The maximum Gasteiger partial charge on any atom is 0.248 e. The van der Waals surface area contributed by atoms with Gasteiger partial charge in [0.05, 0.1) is 5.52 Å². The topological polar surface area (TPSA) is 123 Å². The fraction of sp³-hybridized carbons (Fsp3) is 0.345. The number of Topliss-reactive ketones (excluding diaryl/α,β-unsaturated/α-hetero) is 1. The van der Waals surface area contributed by atoms with E-state index < -0.39 is 11.9 Å². The largest absolute Gasteiger partial charge is 0.325 e. The molecule has 1 saturated carbocycles. The maximum absolute atomic E-state index is 13.8. The maximum atomic E-state index is 13.8. The number of halogens is 2. The van der Waals surface area contributed by atoms with E-state index in [9.17, 15) is 18.8 Å². The zero-order valence-corrected chi connectivity index (χ0v) is 24.5. The predicted molar refractivity (Wildman–Crippen MR) is 153 cm³/mol. The summed E-state index contributed by atoms with van der Waals surface area (Å²) in [6.45, 7) is 7.10. The number of aryl methyl sites for hydroxylation is 2. The second kappa shape index (κ2) is 9.79. The van der Waals surface area contributed by atoms with Gasteiger partial charge in [0.1, 0.15) is 34.5 Å². The van der Waals surface area contributed by atoms with Crippen LogP contribution >= 0.6 is 15.9 Å². The van der Waals surface area contributed by atoms with Gasteiger partial charge in [-0.25, -0.2) is 19.3 Å². The number of likely N-dealkylation sites (tertiary alicyclic amines) is 1. The summed E-state index contributed by atoms with van der Waals surface area (Å²) < 4.78 is 15.2. The molecule has 2 fully saturated rings. The molecule has 1 aliphatic heterocycles. The second-order valence-corrected chi connectivity index (χ2v) is 11.9. The average Bonchev–Trinajstić information content (AvgIpc) is 3.27. The van der Waals surface area contributed by atoms with Crippen molar-refractivity contribution in [3.63, 3.8) is 0 Å². The van der Waals surface area contributed by atoms with Gasteiger partial charge in [-0.2, -0.15) is 5.10 Å². The highest BCUT2D eigenvalue weighted by molar-refractivity contribution is 9.10. The lowest BCUT2D eigenvalue weighted by atomic mass is 10.0. The van der Waals surface area contributed by atoms with Gasteiger partial charge in [0.15, 0.2) is 11.6 Å². The molecule has 2 aliphatic rings. The molecule has 4 heterocycles. The summed E-state index contributed by atoms with van der Waals surface area (Å²) in [6, 6.07) is 5.64. The van der Waals surface area contributed by atoms with Gasteiger partial charge in [-0.15, -0.1) is 0 Å². The zero-order chi connectivity index (χ0) is 29.2. The zero-order valence-electron chi connectivity index (χ0n) is 22.9. The number of carbonyl (C=O) groups excluding carboxylic acids is 3. The van der Waals surface area contributed by atoms with Crippen LogP contribution in [0.4, 0.5) is 10.2 Å². The highest BCUT2D eigenvalue weighted by atomic mass is 79.9. The summed E-state index contributed by atoms with van der Waals surface area (Å²) in [5, 5.41) is 7.92. The second-order valence-electron chi connectivity index (χ2n) is 11.1. The van der Waals surface area contributed by atoms with Gasteiger partial charge in [0.2, 0.25) is 11.8 Å². The molecule has 1 saturated heterocycles. The van der Waals surface area contributed by atoms with Crippen LogP contribution in [-0.4, -0.2) is 59.3 Å². The molecule has 1 aliphatic carbocycles. The van der Waals surface area contributed by atoms with Crippen LogP contribution in [0.5, 0.6) is 0 Å². The van der Waals surface area contributed by atoms with Crippen LogP contribution in [0, 0.1) is 25.1 Å². The fourth-order valence-electron chi connectivity index (χ4n) is 5.88. The highest BCUT2D eigenvalue weighted by Gasteiger charge is 2.64. The Balaban J connectivity index is 1.31. The van der Waals surface area contributed by atoms with Crippen molar-refractivity contribution in [2.75, 3.05) is 5.32 Å². The Bertz CT molecular complexity index is 1760. The van der Waals surface area contributed by atoms with Crippen LogP contribution in [0.25, 0.3) is 22.0 Å². The van der Waals surface area contributed by atoms with Gasteiger partial charge in [-0.3, -0.25) is 19.1 Å². The molecule has 3 atom stereocenters. The number of carbonyl (C=O) groups is 3. The Morgan fingerprint density at radius 3 is 2.54 bits per heavy atom. The van der Waals surface area contributed by atoms with Crippen LogP contribution in [-0.2, 0) is 16.1 Å². The first kappa shape index (κ1) is 27.1. The quantitative estimate of drug-likeness (QED) is 0.246. The number of ketones is 1. The standard InChI is InChI=1S/C29H27BrFN7O3/c1-14-7-17(18-11-32-16(3)33-12-18)8-19-25(15(2)39)36-37(26(14)19)13-24(40)38-21(9-29(4)10-22(29)38)28(41)35-23-6-5-20(31)27(30)34-23/h5-8,11-12,21-22H,9-10,13H2,1-4H3,(H,34,35,41)/t21-,22+,29-/m0/s1. The molecule has 0 spiro atoms. The summed E-state index contributed by atoms with van der Waals surface area (Å²) >= 11 is 3.03. The summed E-state index contributed by atoms with van der Waals surface area (Å²) in [4.78, 5) is 53.9. The summed E-state index contributed by atoms with van der Waals surface area (Å²) in [7, 11) is 0. The molecule has 1 N–H and O–H groups in total. The van der Waals surface area contributed by atoms with Gasteiger partial charge in [-0.05, 0) is 83.4 Å². The predicted octanol–water partition coefficient (Wildman–Crippen LogP) is 4.63. The molecule has 6 rings (SSSR count). The van der Waals surface area contributed by atoms with E-state index in [2.05, 4.69) is 48.2 Å². The van der Waals surface area contributed by atoms with Gasteiger partial charge in [-0.1, -0.05) is 6.92 Å². The third-order valence-corrected chi connectivity index (χ3v) is 8.60. The van der Waals surface area contributed by atoms with Crippen molar-refractivity contribution >= 4 is 50.2 Å². The Kier molecular flexibility index (Phi) is 6.48. The molecule has 41 heavy (non-hydrogen) atoms. The number of nitrogens with zero attached hydrogens (tertiary/aromatic N) is 6. The van der Waals surface area contributed by atoms with Crippen molar-refractivity contribution in [1.29, 1.82) is 0 Å². The first-order chi connectivity index (χ1) is 19.4. The van der Waals surface area contributed by atoms with Crippen molar-refractivity contribution in [1.82, 2.24) is 29.6 Å². The van der Waals surface area contributed by atoms with Gasteiger partial charge in [0.25, 0.3) is 0 Å². The Hall–Kier alpha value is -4.06. The van der Waals surface area contributed by atoms with E-state index in [-0.39, 0.29) is 51.7 Å². The third-order valence-electron chi connectivity index (χ3n) is 8.05. The highest BCUT2D eigenvalue weighted by Crippen LogP contribution is 2.59. The Labute approximate surface area is 243 Å². The molecule has 0 bridgehead atoms. The molecule has 0 radical (unpaired) electrons. The minimum absolute atomic E-state index is 0.00951. The van der Waals surface area contributed by atoms with E-state index in [0.29, 0.717) is 23.1 Å². The minimum Gasteiger partial charge on any atom is -0.325 e. The fourth-order valence-corrected chi connectivity index (χ4v) is 6.20. The molecule has 1 aromatic carbocycles. The monoisotopic (exact) mass is 619 g/mol. The average molecular weight is 620 g/mol. The SMILES string of the molecule is CC(=O)c1nn(CC(=O)N2[C@H](C(=O)Nc3ccc(F)c(Br)n3)C[C@@]3(C)C[C@@H]23)c2c(C)cc(-c3cnc(C)nc3)cc12. The number of piperidine rings is 1. The van der Waals surface area contributed by atoms with Crippen molar-refractivity contribution in [2.45, 2.75) is 59.2 Å². The van der Waals surface area contributed by atoms with E-state index in [4.69, 9.17) is 0 Å². The van der Waals surface area contributed by atoms with E-state index in [0.717, 1.165) is 23.1 Å². The molecule has 3 aromatic heterocycles. The molecular weight excluding hydrogens is 593 g/mol. The number of nitrogens with one attached hydrogen (secondary N) is 1. The first-order valence-electron chi connectivity index (χ1n) is 13.2. The van der Waals surface area contributed by atoms with Crippen LogP contribution in [0.15, 0.2) is 41.3 Å². The number of anilines is 1. The van der Waals surface area contributed by atoms with Crippen LogP contribution in [0.2, 0.25) is 0 Å². The van der Waals surface area contributed by atoms with E-state index in [1.54, 1.807) is 22.0 Å². The number of aromatic nitrogens is 5. The number of fused-ring (bicyclic) bond motifs is 2. The molecule has 210 valence electrons. The summed E-state index contributed by atoms with van der Waals surface area (Å²) in [5.41, 5.74) is 3.29. The molecule has 4 aromatic rings. The smallest absolute Gasteiger partial charge is 0.248 e. The van der Waals surface area contributed by atoms with Crippen molar-refractivity contribution in [2.24, 2.45) is 5.41 Å². The van der Waals surface area contributed by atoms with Crippen LogP contribution in [0.3, 0.4) is 0 Å². The van der Waals surface area contributed by atoms with Gasteiger partial charge < -0.3 is 10.2 Å². The molecule has 10 nitrogen and oxygen atoms in total. The summed E-state index contributed by atoms with van der Waals surface area (Å²) in [6.07, 6.45) is 4.78. The number of benzene rings is 1. The number of hydrogen-bond donors (Lipinski definition) is 1. The van der Waals surface area contributed by atoms with Crippen LogP contribution in [0.1, 0.15) is 48.6 Å². The van der Waals surface area contributed by atoms with E-state index in [1.165, 1.54) is 19.1 Å². The van der Waals surface area contributed by atoms with Crippen LogP contribution < -0.4 is 5.32 Å². The van der Waals surface area contributed by atoms with Crippen molar-refractivity contribution in [3.8, 4) is 11.1 Å². The van der Waals surface area contributed by atoms with Crippen molar-refractivity contribution in [3.05, 3.63) is 64.2 Å². The molecular formula is C29H27BrFN7O3. The Morgan fingerprint density at radius 1 is 1.12 bits per heavy atom. The lowest BCUT2D eigenvalue weighted by Crippen LogP contribution is -2.46. The van der Waals surface area contributed by atoms with Gasteiger partial charge in [0, 0.05) is 36.3 Å².